The summed E-state index contributed by atoms with van der Waals surface area (Å²) in [6.07, 6.45) is 1.18. The van der Waals surface area contributed by atoms with E-state index in [2.05, 4.69) is 17.1 Å². The fourth-order valence-corrected chi connectivity index (χ4v) is 2.69. The van der Waals surface area contributed by atoms with E-state index in [9.17, 15) is 0 Å². The first-order chi connectivity index (χ1) is 7.69. The summed E-state index contributed by atoms with van der Waals surface area (Å²) >= 11 is 12.0. The maximum Gasteiger partial charge on any atom is 0.0441 e. The highest BCUT2D eigenvalue weighted by molar-refractivity contribution is 6.35. The maximum absolute atomic E-state index is 6.00. The molecule has 2 rings (SSSR count). The van der Waals surface area contributed by atoms with Gasteiger partial charge in [-0.05, 0) is 31.2 Å². The van der Waals surface area contributed by atoms with Crippen LogP contribution in [0.3, 0.4) is 0 Å². The molecule has 1 saturated heterocycles. The zero-order chi connectivity index (χ0) is 11.5. The highest BCUT2D eigenvalue weighted by Crippen LogP contribution is 2.27. The Morgan fingerprint density at radius 1 is 1.31 bits per heavy atom. The Bertz CT molecular complexity index is 348. The second kappa shape index (κ2) is 5.26. The average Bonchev–Trinajstić information content (AvgIpc) is 2.65. The molecule has 1 aliphatic heterocycles. The summed E-state index contributed by atoms with van der Waals surface area (Å²) in [5.41, 5.74) is 1.12. The van der Waals surface area contributed by atoms with Crippen molar-refractivity contribution < 1.29 is 0 Å². The number of benzene rings is 1. The Balaban J connectivity index is 2.08. The topological polar surface area (TPSA) is 15.3 Å². The number of likely N-dealkylation sites (N-methyl/N-ethyl adjacent to an activating group) is 1. The van der Waals surface area contributed by atoms with Crippen LogP contribution in [0.15, 0.2) is 18.2 Å². The second-order valence-electron chi connectivity index (χ2n) is 4.12. The standard InChI is InChI=1S/C12H16Cl2N2/c1-2-15-11-3-4-16(8-11)12-6-9(13)5-10(14)7-12/h5-7,11,15H,2-4,8H2,1H3. The highest BCUT2D eigenvalue weighted by Gasteiger charge is 2.21. The van der Waals surface area contributed by atoms with Gasteiger partial charge < -0.3 is 10.2 Å². The first kappa shape index (κ1) is 12.0. The molecule has 0 spiro atoms. The van der Waals surface area contributed by atoms with Gasteiger partial charge >= 0.3 is 0 Å². The molecule has 1 atom stereocenters. The molecule has 1 aliphatic rings. The molecule has 0 amide bonds. The average molecular weight is 259 g/mol. The van der Waals surface area contributed by atoms with E-state index in [4.69, 9.17) is 23.2 Å². The van der Waals surface area contributed by atoms with Gasteiger partial charge in [0.25, 0.3) is 0 Å². The molecule has 88 valence electrons. The molecule has 1 unspecified atom stereocenters. The van der Waals surface area contributed by atoms with Crippen molar-refractivity contribution in [2.24, 2.45) is 0 Å². The molecular formula is C12H16Cl2N2. The first-order valence-corrected chi connectivity index (χ1v) is 6.39. The zero-order valence-electron chi connectivity index (χ0n) is 9.34. The molecule has 1 N–H and O–H groups in total. The fraction of sp³-hybridized carbons (Fsp3) is 0.500. The molecule has 1 fully saturated rings. The van der Waals surface area contributed by atoms with Crippen LogP contribution < -0.4 is 10.2 Å². The third kappa shape index (κ3) is 2.82. The SMILES string of the molecule is CCNC1CCN(c2cc(Cl)cc(Cl)c2)C1. The van der Waals surface area contributed by atoms with E-state index in [-0.39, 0.29) is 0 Å². The van der Waals surface area contributed by atoms with Gasteiger partial charge in [0, 0.05) is 34.9 Å². The molecule has 4 heteroatoms. The molecule has 0 bridgehead atoms. The van der Waals surface area contributed by atoms with Crippen LogP contribution in [0.1, 0.15) is 13.3 Å². The minimum atomic E-state index is 0.586. The lowest BCUT2D eigenvalue weighted by Gasteiger charge is -2.19. The number of anilines is 1. The maximum atomic E-state index is 6.00. The van der Waals surface area contributed by atoms with Crippen molar-refractivity contribution in [3.05, 3.63) is 28.2 Å². The van der Waals surface area contributed by atoms with E-state index >= 15 is 0 Å². The van der Waals surface area contributed by atoms with E-state index in [1.165, 1.54) is 6.42 Å². The minimum absolute atomic E-state index is 0.586. The van der Waals surface area contributed by atoms with Crippen molar-refractivity contribution in [2.45, 2.75) is 19.4 Å². The number of nitrogens with one attached hydrogen (secondary N) is 1. The predicted molar refractivity (Wildman–Crippen MR) is 70.8 cm³/mol. The van der Waals surface area contributed by atoms with Gasteiger partial charge in [-0.3, -0.25) is 0 Å². The van der Waals surface area contributed by atoms with Crippen LogP contribution in [0.25, 0.3) is 0 Å². The molecule has 0 aliphatic carbocycles. The summed E-state index contributed by atoms with van der Waals surface area (Å²) < 4.78 is 0. The van der Waals surface area contributed by atoms with Crippen molar-refractivity contribution >= 4 is 28.9 Å². The quantitative estimate of drug-likeness (QED) is 0.896. The van der Waals surface area contributed by atoms with Gasteiger partial charge in [-0.25, -0.2) is 0 Å². The third-order valence-electron chi connectivity index (χ3n) is 2.89. The lowest BCUT2D eigenvalue weighted by atomic mass is 10.2. The lowest BCUT2D eigenvalue weighted by Crippen LogP contribution is -2.32. The molecule has 1 heterocycles. The van der Waals surface area contributed by atoms with E-state index in [1.807, 2.05) is 12.1 Å². The Labute approximate surface area is 107 Å². The normalized spacial score (nSPS) is 20.4. The van der Waals surface area contributed by atoms with E-state index in [1.54, 1.807) is 6.07 Å². The molecule has 0 radical (unpaired) electrons. The fourth-order valence-electron chi connectivity index (χ4n) is 2.17. The van der Waals surface area contributed by atoms with E-state index < -0.39 is 0 Å². The van der Waals surface area contributed by atoms with Gasteiger partial charge in [-0.1, -0.05) is 30.1 Å². The Kier molecular flexibility index (Phi) is 3.95. The van der Waals surface area contributed by atoms with Gasteiger partial charge in [0.2, 0.25) is 0 Å². The van der Waals surface area contributed by atoms with Crippen LogP contribution in [0, 0.1) is 0 Å². The number of nitrogens with zero attached hydrogens (tertiary/aromatic N) is 1. The first-order valence-electron chi connectivity index (χ1n) is 5.63. The molecule has 2 nitrogen and oxygen atoms in total. The number of halogens is 2. The molecular weight excluding hydrogens is 243 g/mol. The minimum Gasteiger partial charge on any atom is -0.370 e. The Morgan fingerprint density at radius 3 is 2.62 bits per heavy atom. The van der Waals surface area contributed by atoms with Crippen LogP contribution in [-0.4, -0.2) is 25.7 Å². The van der Waals surface area contributed by atoms with Gasteiger partial charge in [0.05, 0.1) is 0 Å². The monoisotopic (exact) mass is 258 g/mol. The number of hydrogen-bond acceptors (Lipinski definition) is 2. The third-order valence-corrected chi connectivity index (χ3v) is 3.33. The zero-order valence-corrected chi connectivity index (χ0v) is 10.9. The van der Waals surface area contributed by atoms with E-state index in [0.717, 1.165) is 25.3 Å². The summed E-state index contributed by atoms with van der Waals surface area (Å²) in [4.78, 5) is 2.32. The van der Waals surface area contributed by atoms with Crippen molar-refractivity contribution in [1.82, 2.24) is 5.32 Å². The van der Waals surface area contributed by atoms with Crippen LogP contribution in [0.2, 0.25) is 10.0 Å². The molecule has 1 aromatic carbocycles. The summed E-state index contributed by atoms with van der Waals surface area (Å²) in [5.74, 6) is 0. The van der Waals surface area contributed by atoms with Gasteiger partial charge in [0.1, 0.15) is 0 Å². The molecule has 16 heavy (non-hydrogen) atoms. The van der Waals surface area contributed by atoms with Crippen LogP contribution in [-0.2, 0) is 0 Å². The highest BCUT2D eigenvalue weighted by atomic mass is 35.5. The smallest absolute Gasteiger partial charge is 0.0441 e. The van der Waals surface area contributed by atoms with Gasteiger partial charge in [0.15, 0.2) is 0 Å². The largest absolute Gasteiger partial charge is 0.370 e. The van der Waals surface area contributed by atoms with Crippen LogP contribution >= 0.6 is 23.2 Å². The predicted octanol–water partition coefficient (Wildman–Crippen LogP) is 3.18. The van der Waals surface area contributed by atoms with Crippen molar-refractivity contribution in [3.63, 3.8) is 0 Å². The lowest BCUT2D eigenvalue weighted by molar-refractivity contribution is 0.572. The number of rotatable bonds is 3. The molecule has 0 saturated carbocycles. The summed E-state index contributed by atoms with van der Waals surface area (Å²) in [6.45, 7) is 5.26. The molecule has 1 aromatic rings. The van der Waals surface area contributed by atoms with Crippen LogP contribution in [0.5, 0.6) is 0 Å². The van der Waals surface area contributed by atoms with Crippen LogP contribution in [0.4, 0.5) is 5.69 Å². The van der Waals surface area contributed by atoms with Gasteiger partial charge in [-0.2, -0.15) is 0 Å². The van der Waals surface area contributed by atoms with Gasteiger partial charge in [-0.15, -0.1) is 0 Å². The Morgan fingerprint density at radius 2 is 2.00 bits per heavy atom. The van der Waals surface area contributed by atoms with Crippen molar-refractivity contribution in [1.29, 1.82) is 0 Å². The Hall–Kier alpha value is -0.440. The number of hydrogen-bond donors (Lipinski definition) is 1. The summed E-state index contributed by atoms with van der Waals surface area (Å²) in [5, 5.41) is 4.87. The van der Waals surface area contributed by atoms with E-state index in [0.29, 0.717) is 16.1 Å². The molecule has 0 aromatic heterocycles. The van der Waals surface area contributed by atoms with Crippen molar-refractivity contribution in [3.8, 4) is 0 Å². The summed E-state index contributed by atoms with van der Waals surface area (Å²) in [7, 11) is 0. The van der Waals surface area contributed by atoms with Crippen molar-refractivity contribution in [2.75, 3.05) is 24.5 Å². The second-order valence-corrected chi connectivity index (χ2v) is 4.99. The summed E-state index contributed by atoms with van der Waals surface area (Å²) in [6, 6.07) is 6.30.